The second kappa shape index (κ2) is 10.2. The molecule has 182 valence electrons. The van der Waals surface area contributed by atoms with E-state index in [-0.39, 0.29) is 35.2 Å². The number of likely N-dealkylation sites (tertiary alicyclic amines) is 1. The maximum Gasteiger partial charge on any atom is 0.289 e. The van der Waals surface area contributed by atoms with Gasteiger partial charge < -0.3 is 14.5 Å². The van der Waals surface area contributed by atoms with E-state index in [0.29, 0.717) is 19.5 Å². The van der Waals surface area contributed by atoms with Crippen LogP contribution in [0.3, 0.4) is 0 Å². The predicted octanol–water partition coefficient (Wildman–Crippen LogP) is 3.63. The third-order valence-electron chi connectivity index (χ3n) is 6.31. The van der Waals surface area contributed by atoms with Gasteiger partial charge >= 0.3 is 0 Å². The van der Waals surface area contributed by atoms with Crippen LogP contribution < -0.4 is 10.3 Å². The first-order valence-electron chi connectivity index (χ1n) is 11.3. The van der Waals surface area contributed by atoms with Crippen molar-refractivity contribution in [1.29, 1.82) is 0 Å². The molecule has 5 rings (SSSR count). The minimum Gasteiger partial charge on any atom is -0.493 e. The number of halogens is 1. The maximum atomic E-state index is 12.8. The van der Waals surface area contributed by atoms with Crippen LogP contribution in [0.2, 0.25) is 5.02 Å². The number of aromatic nitrogens is 3. The standard InChI is InChI=1S/C24H24ClN5O4S/c1-33-20-12-26-30(24(32)22(20)25)13-21(31)29-9-7-16(8-10-29)23-27-18(14-35-23)17-11-19(34-28-17)15-5-3-2-4-6-15/h2-6,12,14,16,19H,7-11,13H2,1H3/t19-/m0/s1. The molecule has 2 aliphatic rings. The fraction of sp³-hybridized carbons (Fsp3) is 0.375. The van der Waals surface area contributed by atoms with Crippen molar-refractivity contribution in [1.82, 2.24) is 19.7 Å². The number of oxime groups is 1. The number of nitrogens with zero attached hydrogens (tertiary/aromatic N) is 5. The quantitative estimate of drug-likeness (QED) is 0.499. The van der Waals surface area contributed by atoms with Crippen molar-refractivity contribution in [2.75, 3.05) is 20.2 Å². The first kappa shape index (κ1) is 23.5. The number of ether oxygens (including phenoxy) is 1. The lowest BCUT2D eigenvalue weighted by molar-refractivity contribution is -0.133. The molecule has 1 fully saturated rings. The van der Waals surface area contributed by atoms with Gasteiger partial charge in [0.05, 0.1) is 24.0 Å². The van der Waals surface area contributed by atoms with Gasteiger partial charge in [-0.25, -0.2) is 9.67 Å². The summed E-state index contributed by atoms with van der Waals surface area (Å²) in [6.07, 6.45) is 3.57. The topological polar surface area (TPSA) is 98.9 Å². The Balaban J connectivity index is 1.16. The first-order chi connectivity index (χ1) is 17.0. The molecular formula is C24H24ClN5O4S. The lowest BCUT2D eigenvalue weighted by Gasteiger charge is -2.31. The summed E-state index contributed by atoms with van der Waals surface area (Å²) in [6, 6.07) is 10.1. The van der Waals surface area contributed by atoms with Crippen LogP contribution in [-0.4, -0.2) is 51.5 Å². The molecule has 11 heteroatoms. The summed E-state index contributed by atoms with van der Waals surface area (Å²) >= 11 is 7.62. The average molecular weight is 514 g/mol. The van der Waals surface area contributed by atoms with Crippen molar-refractivity contribution >= 4 is 34.6 Å². The summed E-state index contributed by atoms with van der Waals surface area (Å²) in [5.74, 6) is 0.306. The molecule has 2 aliphatic heterocycles. The second-order valence-electron chi connectivity index (χ2n) is 8.46. The SMILES string of the molecule is COc1cnn(CC(=O)N2CCC(c3nc(C4=NO[C@H](c5ccccc5)C4)cs3)CC2)c(=O)c1Cl. The van der Waals surface area contributed by atoms with E-state index in [0.717, 1.165) is 39.5 Å². The number of benzene rings is 1. The molecule has 1 atom stereocenters. The van der Waals surface area contributed by atoms with Crippen LogP contribution in [0.25, 0.3) is 0 Å². The Bertz CT molecular complexity index is 1300. The van der Waals surface area contributed by atoms with Crippen LogP contribution in [0.4, 0.5) is 0 Å². The number of hydrogen-bond donors (Lipinski definition) is 0. The van der Waals surface area contributed by atoms with Gasteiger partial charge in [0.1, 0.15) is 12.3 Å². The molecule has 0 bridgehead atoms. The molecule has 35 heavy (non-hydrogen) atoms. The van der Waals surface area contributed by atoms with E-state index >= 15 is 0 Å². The van der Waals surface area contributed by atoms with Crippen LogP contribution in [0, 0.1) is 0 Å². The zero-order valence-corrected chi connectivity index (χ0v) is 20.7. The number of carbonyl (C=O) groups excluding carboxylic acids is 1. The summed E-state index contributed by atoms with van der Waals surface area (Å²) < 4.78 is 6.06. The van der Waals surface area contributed by atoms with Crippen molar-refractivity contribution in [2.24, 2.45) is 5.16 Å². The maximum absolute atomic E-state index is 12.8. The van der Waals surface area contributed by atoms with Gasteiger partial charge in [-0.1, -0.05) is 47.1 Å². The highest BCUT2D eigenvalue weighted by Gasteiger charge is 2.29. The van der Waals surface area contributed by atoms with Gasteiger partial charge in [-0.3, -0.25) is 9.59 Å². The summed E-state index contributed by atoms with van der Waals surface area (Å²) in [6.45, 7) is 1.03. The molecule has 1 aromatic carbocycles. The Labute approximate surface area is 210 Å². The smallest absolute Gasteiger partial charge is 0.289 e. The van der Waals surface area contributed by atoms with Gasteiger partial charge in [-0.15, -0.1) is 11.3 Å². The molecule has 0 saturated carbocycles. The molecule has 9 nitrogen and oxygen atoms in total. The van der Waals surface area contributed by atoms with Gasteiger partial charge in [0.15, 0.2) is 16.9 Å². The third-order valence-corrected chi connectivity index (χ3v) is 7.67. The van der Waals surface area contributed by atoms with E-state index < -0.39 is 5.56 Å². The van der Waals surface area contributed by atoms with E-state index in [9.17, 15) is 9.59 Å². The van der Waals surface area contributed by atoms with Crippen LogP contribution in [-0.2, 0) is 16.2 Å². The Kier molecular flexibility index (Phi) is 6.83. The van der Waals surface area contributed by atoms with Crippen molar-refractivity contribution in [3.05, 3.63) is 73.6 Å². The summed E-state index contributed by atoms with van der Waals surface area (Å²) in [4.78, 5) is 37.3. The van der Waals surface area contributed by atoms with Crippen molar-refractivity contribution in [3.8, 4) is 5.75 Å². The number of thiazole rings is 1. The van der Waals surface area contributed by atoms with Gasteiger partial charge in [-0.05, 0) is 18.4 Å². The number of hydrogen-bond acceptors (Lipinski definition) is 8. The van der Waals surface area contributed by atoms with E-state index in [1.54, 1.807) is 16.2 Å². The summed E-state index contributed by atoms with van der Waals surface area (Å²) in [5, 5.41) is 11.3. The highest BCUT2D eigenvalue weighted by atomic mass is 35.5. The minimum absolute atomic E-state index is 0.0758. The highest BCUT2D eigenvalue weighted by molar-refractivity contribution is 7.10. The predicted molar refractivity (Wildman–Crippen MR) is 132 cm³/mol. The van der Waals surface area contributed by atoms with Crippen molar-refractivity contribution < 1.29 is 14.4 Å². The number of piperidine rings is 1. The summed E-state index contributed by atoms with van der Waals surface area (Å²) in [7, 11) is 1.41. The molecule has 1 amide bonds. The fourth-order valence-corrected chi connectivity index (χ4v) is 5.52. The minimum atomic E-state index is -0.544. The van der Waals surface area contributed by atoms with Crippen LogP contribution in [0.15, 0.2) is 51.9 Å². The molecule has 0 spiro atoms. The lowest BCUT2D eigenvalue weighted by atomic mass is 9.97. The number of carbonyl (C=O) groups is 1. The van der Waals surface area contributed by atoms with Gasteiger partial charge in [0.2, 0.25) is 5.91 Å². The molecule has 0 aliphatic carbocycles. The van der Waals surface area contributed by atoms with Crippen molar-refractivity contribution in [3.63, 3.8) is 0 Å². The Morgan fingerprint density at radius 3 is 2.77 bits per heavy atom. The fourth-order valence-electron chi connectivity index (χ4n) is 4.29. The van der Waals surface area contributed by atoms with Crippen LogP contribution in [0.5, 0.6) is 5.75 Å². The molecule has 0 radical (unpaired) electrons. The molecule has 0 unspecified atom stereocenters. The normalized spacial score (nSPS) is 18.3. The Hall–Kier alpha value is -3.24. The molecular weight excluding hydrogens is 490 g/mol. The molecule has 2 aromatic heterocycles. The van der Waals surface area contributed by atoms with Gasteiger partial charge in [-0.2, -0.15) is 5.10 Å². The monoisotopic (exact) mass is 513 g/mol. The van der Waals surface area contributed by atoms with Crippen molar-refractivity contribution in [2.45, 2.75) is 37.8 Å². The Morgan fingerprint density at radius 1 is 1.26 bits per heavy atom. The summed E-state index contributed by atoms with van der Waals surface area (Å²) in [5.41, 5.74) is 2.29. The number of amides is 1. The second-order valence-corrected chi connectivity index (χ2v) is 9.73. The van der Waals surface area contributed by atoms with Gasteiger partial charge in [0.25, 0.3) is 5.56 Å². The zero-order chi connectivity index (χ0) is 24.4. The van der Waals surface area contributed by atoms with E-state index in [1.165, 1.54) is 13.3 Å². The largest absolute Gasteiger partial charge is 0.493 e. The van der Waals surface area contributed by atoms with E-state index in [4.69, 9.17) is 26.2 Å². The zero-order valence-electron chi connectivity index (χ0n) is 19.1. The molecule has 4 heterocycles. The Morgan fingerprint density at radius 2 is 2.03 bits per heavy atom. The van der Waals surface area contributed by atoms with Crippen LogP contribution in [0.1, 0.15) is 47.5 Å². The molecule has 0 N–H and O–H groups in total. The van der Waals surface area contributed by atoms with Crippen LogP contribution >= 0.6 is 22.9 Å². The number of rotatable bonds is 6. The average Bonchev–Trinajstić information content (AvgIpc) is 3.58. The highest BCUT2D eigenvalue weighted by Crippen LogP contribution is 2.33. The first-order valence-corrected chi connectivity index (χ1v) is 12.6. The molecule has 1 saturated heterocycles. The third kappa shape index (κ3) is 4.94. The lowest BCUT2D eigenvalue weighted by Crippen LogP contribution is -2.41. The number of methoxy groups -OCH3 is 1. The van der Waals surface area contributed by atoms with E-state index in [1.807, 2.05) is 35.7 Å². The van der Waals surface area contributed by atoms with Gasteiger partial charge in [0, 0.05) is 30.8 Å². The van der Waals surface area contributed by atoms with E-state index in [2.05, 4.69) is 10.3 Å². The molecule has 3 aromatic rings.